The molecular weight excluding hydrogens is 350 g/mol. The maximum atomic E-state index is 5.55. The fourth-order valence-electron chi connectivity index (χ4n) is 1.61. The van der Waals surface area contributed by atoms with E-state index in [4.69, 9.17) is 9.47 Å². The lowest BCUT2D eigenvalue weighted by molar-refractivity contribution is -0.00578. The molecule has 0 saturated carbocycles. The van der Waals surface area contributed by atoms with Crippen molar-refractivity contribution in [3.05, 3.63) is 26.6 Å². The van der Waals surface area contributed by atoms with Gasteiger partial charge in [-0.3, -0.25) is 0 Å². The lowest BCUT2D eigenvalue weighted by Gasteiger charge is -2.27. The van der Waals surface area contributed by atoms with E-state index in [0.717, 1.165) is 34.5 Å². The Balaban J connectivity index is 2.02. The van der Waals surface area contributed by atoms with Crippen LogP contribution in [0.25, 0.3) is 0 Å². The van der Waals surface area contributed by atoms with Crippen LogP contribution in [0.2, 0.25) is 0 Å². The number of hydrogen-bond donors (Lipinski definition) is 1. The van der Waals surface area contributed by atoms with Gasteiger partial charge in [-0.1, -0.05) is 0 Å². The van der Waals surface area contributed by atoms with Gasteiger partial charge >= 0.3 is 0 Å². The summed E-state index contributed by atoms with van der Waals surface area (Å²) >= 11 is 7.06. The molecule has 1 fully saturated rings. The van der Waals surface area contributed by atoms with Gasteiger partial charge in [0.05, 0.1) is 34.8 Å². The number of hydrogen-bond acceptors (Lipinski definition) is 3. The van der Waals surface area contributed by atoms with E-state index in [1.165, 1.54) is 5.56 Å². The quantitative estimate of drug-likeness (QED) is 0.870. The predicted molar refractivity (Wildman–Crippen MR) is 74.5 cm³/mol. The van der Waals surface area contributed by atoms with Crippen LogP contribution in [-0.2, 0) is 11.3 Å². The van der Waals surface area contributed by atoms with Gasteiger partial charge in [0.1, 0.15) is 5.75 Å². The second kappa shape index (κ2) is 6.18. The largest absolute Gasteiger partial charge is 0.492 e. The predicted octanol–water partition coefficient (Wildman–Crippen LogP) is 3.10. The van der Waals surface area contributed by atoms with Crippen LogP contribution in [0.3, 0.4) is 0 Å². The molecule has 0 bridgehead atoms. The standard InChI is InChI=1S/C12H15Br2NO2/c1-2-17-12-10(13)3-8(4-11(12)14)5-15-9-6-16-7-9/h3-4,9,15H,2,5-7H2,1H3. The van der Waals surface area contributed by atoms with E-state index in [-0.39, 0.29) is 0 Å². The molecule has 0 radical (unpaired) electrons. The Morgan fingerprint density at radius 2 is 2.00 bits per heavy atom. The summed E-state index contributed by atoms with van der Waals surface area (Å²) in [6.07, 6.45) is 0. The van der Waals surface area contributed by atoms with E-state index in [1.807, 2.05) is 6.92 Å². The van der Waals surface area contributed by atoms with Crippen molar-refractivity contribution in [2.24, 2.45) is 0 Å². The second-order valence-electron chi connectivity index (χ2n) is 3.94. The highest BCUT2D eigenvalue weighted by Crippen LogP contribution is 2.34. The third-order valence-electron chi connectivity index (χ3n) is 2.58. The van der Waals surface area contributed by atoms with E-state index in [2.05, 4.69) is 49.3 Å². The molecule has 5 heteroatoms. The summed E-state index contributed by atoms with van der Waals surface area (Å²) in [4.78, 5) is 0. The molecule has 0 spiro atoms. The monoisotopic (exact) mass is 363 g/mol. The smallest absolute Gasteiger partial charge is 0.147 e. The van der Waals surface area contributed by atoms with Crippen LogP contribution in [0.5, 0.6) is 5.75 Å². The zero-order valence-electron chi connectivity index (χ0n) is 9.63. The van der Waals surface area contributed by atoms with Gasteiger partial charge in [0.25, 0.3) is 0 Å². The Kier molecular flexibility index (Phi) is 4.85. The van der Waals surface area contributed by atoms with Crippen LogP contribution in [-0.4, -0.2) is 25.9 Å². The van der Waals surface area contributed by atoms with Gasteiger partial charge in [-0.25, -0.2) is 0 Å². The van der Waals surface area contributed by atoms with E-state index < -0.39 is 0 Å². The fourth-order valence-corrected chi connectivity index (χ4v) is 3.12. The molecule has 0 aromatic heterocycles. The van der Waals surface area contributed by atoms with Gasteiger partial charge < -0.3 is 14.8 Å². The third kappa shape index (κ3) is 3.44. The van der Waals surface area contributed by atoms with Gasteiger partial charge in [-0.05, 0) is 56.5 Å². The van der Waals surface area contributed by atoms with Gasteiger partial charge in [0, 0.05) is 6.54 Å². The molecular formula is C12H15Br2NO2. The first-order chi connectivity index (χ1) is 8.20. The first kappa shape index (κ1) is 13.3. The average Bonchev–Trinajstić information content (AvgIpc) is 2.21. The van der Waals surface area contributed by atoms with Gasteiger partial charge in [-0.15, -0.1) is 0 Å². The highest BCUT2D eigenvalue weighted by Gasteiger charge is 2.17. The fraction of sp³-hybridized carbons (Fsp3) is 0.500. The van der Waals surface area contributed by atoms with Gasteiger partial charge in [0.2, 0.25) is 0 Å². The Morgan fingerprint density at radius 3 is 2.47 bits per heavy atom. The van der Waals surface area contributed by atoms with Crippen LogP contribution < -0.4 is 10.1 Å². The van der Waals surface area contributed by atoms with Crippen molar-refractivity contribution in [3.63, 3.8) is 0 Å². The van der Waals surface area contributed by atoms with Gasteiger partial charge in [-0.2, -0.15) is 0 Å². The molecule has 1 aliphatic heterocycles. The first-order valence-electron chi connectivity index (χ1n) is 5.62. The first-order valence-corrected chi connectivity index (χ1v) is 7.21. The minimum absolute atomic E-state index is 0.499. The SMILES string of the molecule is CCOc1c(Br)cc(CNC2COC2)cc1Br. The van der Waals surface area contributed by atoms with Crippen molar-refractivity contribution >= 4 is 31.9 Å². The lowest BCUT2D eigenvalue weighted by atomic mass is 10.2. The topological polar surface area (TPSA) is 30.5 Å². The number of benzene rings is 1. The zero-order valence-corrected chi connectivity index (χ0v) is 12.8. The highest BCUT2D eigenvalue weighted by molar-refractivity contribution is 9.11. The van der Waals surface area contributed by atoms with Crippen molar-refractivity contribution in [3.8, 4) is 5.75 Å². The van der Waals surface area contributed by atoms with Crippen LogP contribution in [0.4, 0.5) is 0 Å². The summed E-state index contributed by atoms with van der Waals surface area (Å²) < 4.78 is 12.6. The second-order valence-corrected chi connectivity index (χ2v) is 5.65. The Bertz CT molecular complexity index is 371. The summed E-state index contributed by atoms with van der Waals surface area (Å²) in [5.41, 5.74) is 1.22. The Labute approximate surface area is 118 Å². The van der Waals surface area contributed by atoms with Gasteiger partial charge in [0.15, 0.2) is 0 Å². The number of nitrogens with one attached hydrogen (secondary N) is 1. The minimum Gasteiger partial charge on any atom is -0.492 e. The summed E-state index contributed by atoms with van der Waals surface area (Å²) in [6.45, 7) is 5.12. The zero-order chi connectivity index (χ0) is 12.3. The molecule has 1 aromatic rings. The average molecular weight is 365 g/mol. The molecule has 2 rings (SSSR count). The molecule has 1 N–H and O–H groups in total. The highest BCUT2D eigenvalue weighted by atomic mass is 79.9. The molecule has 94 valence electrons. The number of rotatable bonds is 5. The normalized spacial score (nSPS) is 15.7. The molecule has 0 atom stereocenters. The Hall–Kier alpha value is -0.100. The molecule has 1 aliphatic rings. The van der Waals surface area contributed by atoms with Crippen LogP contribution in [0, 0.1) is 0 Å². The van der Waals surface area contributed by atoms with Crippen molar-refractivity contribution in [2.45, 2.75) is 19.5 Å². The van der Waals surface area contributed by atoms with Crippen molar-refractivity contribution in [1.29, 1.82) is 0 Å². The molecule has 1 saturated heterocycles. The van der Waals surface area contributed by atoms with E-state index in [0.29, 0.717) is 12.6 Å². The van der Waals surface area contributed by atoms with Crippen LogP contribution in [0.15, 0.2) is 21.1 Å². The van der Waals surface area contributed by atoms with E-state index in [1.54, 1.807) is 0 Å². The molecule has 0 unspecified atom stereocenters. The molecule has 1 aromatic carbocycles. The van der Waals surface area contributed by atoms with Crippen molar-refractivity contribution < 1.29 is 9.47 Å². The summed E-state index contributed by atoms with van der Waals surface area (Å²) in [5, 5.41) is 3.43. The maximum absolute atomic E-state index is 5.55. The number of halogens is 2. The van der Waals surface area contributed by atoms with Crippen LogP contribution >= 0.6 is 31.9 Å². The Morgan fingerprint density at radius 1 is 1.35 bits per heavy atom. The maximum Gasteiger partial charge on any atom is 0.147 e. The van der Waals surface area contributed by atoms with Crippen molar-refractivity contribution in [2.75, 3.05) is 19.8 Å². The van der Waals surface area contributed by atoms with E-state index in [9.17, 15) is 0 Å². The third-order valence-corrected chi connectivity index (χ3v) is 3.76. The van der Waals surface area contributed by atoms with E-state index >= 15 is 0 Å². The van der Waals surface area contributed by atoms with Crippen molar-refractivity contribution in [1.82, 2.24) is 5.32 Å². The molecule has 3 nitrogen and oxygen atoms in total. The minimum atomic E-state index is 0.499. The van der Waals surface area contributed by atoms with Crippen LogP contribution in [0.1, 0.15) is 12.5 Å². The summed E-state index contributed by atoms with van der Waals surface area (Å²) in [7, 11) is 0. The summed E-state index contributed by atoms with van der Waals surface area (Å²) in [5.74, 6) is 0.864. The number of ether oxygens (including phenoxy) is 2. The molecule has 1 heterocycles. The lowest BCUT2D eigenvalue weighted by Crippen LogP contribution is -2.45. The summed E-state index contributed by atoms with van der Waals surface area (Å²) in [6, 6.07) is 4.67. The molecule has 17 heavy (non-hydrogen) atoms. The molecule has 0 amide bonds. The molecule has 0 aliphatic carbocycles.